The highest BCUT2D eigenvalue weighted by atomic mass is 16.5. The number of hydrogen-bond acceptors (Lipinski definition) is 5. The fourth-order valence-electron chi connectivity index (χ4n) is 4.17. The number of carbonyl (C=O) groups is 2. The predicted molar refractivity (Wildman–Crippen MR) is 126 cm³/mol. The summed E-state index contributed by atoms with van der Waals surface area (Å²) in [7, 11) is 0. The number of amides is 1. The van der Waals surface area contributed by atoms with Gasteiger partial charge in [0.05, 0.1) is 11.6 Å². The number of nitrogens with zero attached hydrogens (tertiary/aromatic N) is 2. The minimum absolute atomic E-state index is 0.102. The molecule has 4 rings (SSSR count). The Balaban J connectivity index is 1.47. The summed E-state index contributed by atoms with van der Waals surface area (Å²) in [4.78, 5) is 32.4. The molecule has 1 aromatic heterocycles. The third-order valence-corrected chi connectivity index (χ3v) is 5.78. The molecule has 0 aliphatic carbocycles. The Bertz CT molecular complexity index is 1080. The highest BCUT2D eigenvalue weighted by Crippen LogP contribution is 2.27. The number of ether oxygens (including phenoxy) is 1. The highest BCUT2D eigenvalue weighted by Gasteiger charge is 2.24. The summed E-state index contributed by atoms with van der Waals surface area (Å²) >= 11 is 0. The molecule has 0 saturated carbocycles. The molecule has 0 radical (unpaired) electrons. The van der Waals surface area contributed by atoms with Crippen LogP contribution in [0.4, 0.5) is 5.82 Å². The number of aromatic nitrogens is 1. The van der Waals surface area contributed by atoms with Crippen LogP contribution in [0.2, 0.25) is 0 Å². The van der Waals surface area contributed by atoms with Crippen LogP contribution in [0.3, 0.4) is 0 Å². The average Bonchev–Trinajstić information content (AvgIpc) is 3.37. The third kappa shape index (κ3) is 5.07. The molecule has 1 saturated heterocycles. The summed E-state index contributed by atoms with van der Waals surface area (Å²) in [5.41, 5.74) is 2.30. The lowest BCUT2D eigenvalue weighted by molar-refractivity contribution is -0.125. The van der Waals surface area contributed by atoms with Gasteiger partial charge >= 0.3 is 5.97 Å². The lowest BCUT2D eigenvalue weighted by atomic mass is 10.0. The molecule has 6 heteroatoms. The Hall–Kier alpha value is -3.41. The number of nitrogens with one attached hydrogen (secondary N) is 1. The maximum Gasteiger partial charge on any atom is 0.342 e. The molecule has 166 valence electrons. The van der Waals surface area contributed by atoms with E-state index in [0.29, 0.717) is 11.4 Å². The Labute approximate surface area is 188 Å². The van der Waals surface area contributed by atoms with Gasteiger partial charge in [0.15, 0.2) is 6.61 Å². The summed E-state index contributed by atoms with van der Waals surface area (Å²) in [5.74, 6) is -0.191. The monoisotopic (exact) mass is 431 g/mol. The third-order valence-electron chi connectivity index (χ3n) is 5.78. The fourth-order valence-corrected chi connectivity index (χ4v) is 4.17. The largest absolute Gasteiger partial charge is 0.452 e. The van der Waals surface area contributed by atoms with Gasteiger partial charge in [-0.2, -0.15) is 0 Å². The molecule has 6 nitrogen and oxygen atoms in total. The Morgan fingerprint density at radius 1 is 1.06 bits per heavy atom. The van der Waals surface area contributed by atoms with Crippen LogP contribution in [0, 0.1) is 0 Å². The molecule has 2 aromatic carbocycles. The van der Waals surface area contributed by atoms with Crippen molar-refractivity contribution in [3.8, 4) is 0 Å². The van der Waals surface area contributed by atoms with Crippen LogP contribution < -0.4 is 10.2 Å². The van der Waals surface area contributed by atoms with Gasteiger partial charge in [-0.05, 0) is 37.0 Å². The van der Waals surface area contributed by atoms with Gasteiger partial charge in [-0.15, -0.1) is 0 Å². The zero-order valence-electron chi connectivity index (χ0n) is 18.4. The molecule has 0 bridgehead atoms. The quantitative estimate of drug-likeness (QED) is 0.526. The maximum atomic E-state index is 13.0. The van der Waals surface area contributed by atoms with Crippen LogP contribution in [-0.2, 0) is 9.53 Å². The lowest BCUT2D eigenvalue weighted by Gasteiger charge is -2.21. The first-order valence-corrected chi connectivity index (χ1v) is 11.3. The van der Waals surface area contributed by atoms with Crippen molar-refractivity contribution in [1.29, 1.82) is 0 Å². The molecular weight excluding hydrogens is 402 g/mol. The van der Waals surface area contributed by atoms with Gasteiger partial charge < -0.3 is 15.0 Å². The van der Waals surface area contributed by atoms with Crippen molar-refractivity contribution in [2.24, 2.45) is 0 Å². The molecule has 3 aromatic rings. The van der Waals surface area contributed by atoms with E-state index in [0.717, 1.165) is 55.2 Å². The molecule has 32 heavy (non-hydrogen) atoms. The van der Waals surface area contributed by atoms with Crippen molar-refractivity contribution in [3.63, 3.8) is 0 Å². The molecule has 1 fully saturated rings. The summed E-state index contributed by atoms with van der Waals surface area (Å²) in [6.45, 7) is 3.48. The van der Waals surface area contributed by atoms with E-state index in [2.05, 4.69) is 17.1 Å². The second-order valence-corrected chi connectivity index (χ2v) is 8.14. The highest BCUT2D eigenvalue weighted by molar-refractivity contribution is 6.00. The molecule has 1 aliphatic rings. The first kappa shape index (κ1) is 21.8. The maximum absolute atomic E-state index is 13.0. The van der Waals surface area contributed by atoms with E-state index in [1.807, 2.05) is 60.7 Å². The van der Waals surface area contributed by atoms with Crippen molar-refractivity contribution in [2.75, 3.05) is 24.6 Å². The molecule has 0 spiro atoms. The zero-order chi connectivity index (χ0) is 22.3. The average molecular weight is 432 g/mol. The SMILES string of the molecule is CCCC(NC(=O)COC(=O)c1cc2ccccc2nc1N1CCCC1)c1ccccc1. The number of carbonyl (C=O) groups excluding carboxylic acids is 2. The summed E-state index contributed by atoms with van der Waals surface area (Å²) < 4.78 is 5.44. The summed E-state index contributed by atoms with van der Waals surface area (Å²) in [6.07, 6.45) is 3.90. The van der Waals surface area contributed by atoms with Gasteiger partial charge in [-0.3, -0.25) is 4.79 Å². The van der Waals surface area contributed by atoms with Crippen molar-refractivity contribution in [2.45, 2.75) is 38.6 Å². The van der Waals surface area contributed by atoms with Gasteiger partial charge in [0, 0.05) is 18.5 Å². The van der Waals surface area contributed by atoms with E-state index in [1.54, 1.807) is 0 Å². The number of para-hydroxylation sites is 1. The first-order valence-electron chi connectivity index (χ1n) is 11.3. The number of esters is 1. The molecule has 1 atom stereocenters. The van der Waals surface area contributed by atoms with Crippen molar-refractivity contribution < 1.29 is 14.3 Å². The second-order valence-electron chi connectivity index (χ2n) is 8.14. The van der Waals surface area contributed by atoms with E-state index in [4.69, 9.17) is 9.72 Å². The van der Waals surface area contributed by atoms with Gasteiger partial charge in [-0.1, -0.05) is 61.9 Å². The topological polar surface area (TPSA) is 71.5 Å². The Kier molecular flexibility index (Phi) is 7.00. The van der Waals surface area contributed by atoms with Crippen LogP contribution in [0.1, 0.15) is 54.6 Å². The molecular formula is C26H29N3O3. The molecule has 1 aliphatic heterocycles. The predicted octanol–water partition coefficient (Wildman–Crippen LogP) is 4.65. The zero-order valence-corrected chi connectivity index (χ0v) is 18.4. The normalized spacial score (nSPS) is 14.3. The van der Waals surface area contributed by atoms with Gasteiger partial charge in [-0.25, -0.2) is 9.78 Å². The smallest absolute Gasteiger partial charge is 0.342 e. The number of rotatable bonds is 8. The number of pyridine rings is 1. The Morgan fingerprint density at radius 2 is 1.78 bits per heavy atom. The van der Waals surface area contributed by atoms with Crippen molar-refractivity contribution in [3.05, 3.63) is 71.8 Å². The van der Waals surface area contributed by atoms with Crippen molar-refractivity contribution in [1.82, 2.24) is 10.3 Å². The van der Waals surface area contributed by atoms with E-state index in [1.165, 1.54) is 0 Å². The molecule has 1 unspecified atom stereocenters. The number of benzene rings is 2. The van der Waals surface area contributed by atoms with Gasteiger partial charge in [0.2, 0.25) is 0 Å². The van der Waals surface area contributed by atoms with E-state index in [9.17, 15) is 9.59 Å². The molecule has 2 heterocycles. The van der Waals surface area contributed by atoms with Crippen molar-refractivity contribution >= 4 is 28.6 Å². The van der Waals surface area contributed by atoms with E-state index >= 15 is 0 Å². The molecule has 1 N–H and O–H groups in total. The van der Waals surface area contributed by atoms with Crippen LogP contribution in [0.5, 0.6) is 0 Å². The van der Waals surface area contributed by atoms with E-state index < -0.39 is 5.97 Å². The lowest BCUT2D eigenvalue weighted by Crippen LogP contribution is -2.32. The van der Waals surface area contributed by atoms with Crippen LogP contribution in [-0.4, -0.2) is 36.6 Å². The summed E-state index contributed by atoms with van der Waals surface area (Å²) in [6, 6.07) is 19.3. The number of fused-ring (bicyclic) bond motifs is 1. The number of hydrogen-bond donors (Lipinski definition) is 1. The van der Waals surface area contributed by atoms with Gasteiger partial charge in [0.1, 0.15) is 11.4 Å². The summed E-state index contributed by atoms with van der Waals surface area (Å²) in [5, 5.41) is 3.87. The van der Waals surface area contributed by atoms with Crippen LogP contribution in [0.15, 0.2) is 60.7 Å². The minimum Gasteiger partial charge on any atom is -0.452 e. The van der Waals surface area contributed by atoms with E-state index in [-0.39, 0.29) is 18.6 Å². The van der Waals surface area contributed by atoms with Gasteiger partial charge in [0.25, 0.3) is 5.91 Å². The molecule has 1 amide bonds. The Morgan fingerprint density at radius 3 is 2.53 bits per heavy atom. The first-order chi connectivity index (χ1) is 15.7. The fraction of sp³-hybridized carbons (Fsp3) is 0.346. The van der Waals surface area contributed by atoms with Crippen LogP contribution in [0.25, 0.3) is 10.9 Å². The number of anilines is 1. The second kappa shape index (κ2) is 10.3. The minimum atomic E-state index is -0.521. The van der Waals surface area contributed by atoms with Crippen LogP contribution >= 0.6 is 0 Å². The standard InChI is InChI=1S/C26H29N3O3/c1-2-10-22(19-11-4-3-5-12-19)27-24(30)18-32-26(31)21-17-20-13-6-7-14-23(20)28-25(21)29-15-8-9-16-29/h3-7,11-14,17,22H,2,8-10,15-16,18H2,1H3,(H,27,30).